The van der Waals surface area contributed by atoms with Crippen molar-refractivity contribution in [3.63, 3.8) is 0 Å². The first-order valence-electron chi connectivity index (χ1n) is 7.85. The first-order chi connectivity index (χ1) is 12.3. The minimum atomic E-state index is -0.229. The fourth-order valence-corrected chi connectivity index (χ4v) is 2.57. The highest BCUT2D eigenvalue weighted by molar-refractivity contribution is 6.07. The second kappa shape index (κ2) is 6.49. The summed E-state index contributed by atoms with van der Waals surface area (Å²) in [6, 6.07) is 22.6. The molecule has 0 aliphatic rings. The van der Waals surface area contributed by atoms with Gasteiger partial charge in [-0.15, -0.1) is 0 Å². The van der Waals surface area contributed by atoms with E-state index < -0.39 is 0 Å². The fourth-order valence-electron chi connectivity index (χ4n) is 2.57. The molecule has 5 heteroatoms. The van der Waals surface area contributed by atoms with E-state index in [2.05, 4.69) is 20.3 Å². The molecule has 4 rings (SSSR count). The molecule has 2 aromatic carbocycles. The molecule has 25 heavy (non-hydrogen) atoms. The smallest absolute Gasteiger partial charge is 0.256 e. The first kappa shape index (κ1) is 15.0. The van der Waals surface area contributed by atoms with Crippen molar-refractivity contribution >= 4 is 22.8 Å². The van der Waals surface area contributed by atoms with Crippen molar-refractivity contribution < 1.29 is 4.79 Å². The van der Waals surface area contributed by atoms with Gasteiger partial charge in [-0.3, -0.25) is 4.79 Å². The monoisotopic (exact) mass is 326 g/mol. The molecule has 2 aromatic heterocycles. The first-order valence-corrected chi connectivity index (χ1v) is 7.85. The number of fused-ring (bicyclic) bond motifs is 1. The quantitative estimate of drug-likeness (QED) is 0.619. The largest absolute Gasteiger partial charge is 0.305 e. The van der Waals surface area contributed by atoms with E-state index in [1.54, 1.807) is 12.1 Å². The van der Waals surface area contributed by atoms with Crippen LogP contribution in [0, 0.1) is 0 Å². The lowest BCUT2D eigenvalue weighted by Gasteiger charge is -2.08. The Hall–Kier alpha value is -3.60. The second-order valence-electron chi connectivity index (χ2n) is 5.47. The van der Waals surface area contributed by atoms with Crippen LogP contribution in [0.1, 0.15) is 10.4 Å². The minimum Gasteiger partial charge on any atom is -0.305 e. The Morgan fingerprint density at radius 3 is 2.28 bits per heavy atom. The molecular weight excluding hydrogens is 312 g/mol. The van der Waals surface area contributed by atoms with E-state index in [1.807, 2.05) is 60.7 Å². The molecule has 0 aliphatic carbocycles. The number of rotatable bonds is 3. The summed E-state index contributed by atoms with van der Waals surface area (Å²) in [7, 11) is 0. The molecular formula is C20H14N4O. The second-order valence-corrected chi connectivity index (χ2v) is 5.47. The summed E-state index contributed by atoms with van der Waals surface area (Å²) in [6.07, 6.45) is 1.42. The third kappa shape index (κ3) is 3.07. The van der Waals surface area contributed by atoms with Gasteiger partial charge in [0.2, 0.25) is 0 Å². The lowest BCUT2D eigenvalue weighted by atomic mass is 10.1. The molecule has 0 fully saturated rings. The van der Waals surface area contributed by atoms with Gasteiger partial charge in [0.05, 0.1) is 11.2 Å². The number of carbonyl (C=O) groups is 1. The van der Waals surface area contributed by atoms with E-state index >= 15 is 0 Å². The number of amides is 1. The summed E-state index contributed by atoms with van der Waals surface area (Å²) in [5, 5.41) is 2.83. The van der Waals surface area contributed by atoms with Crippen LogP contribution in [0.4, 0.5) is 5.82 Å². The Balaban J connectivity index is 1.75. The van der Waals surface area contributed by atoms with Crippen molar-refractivity contribution in [2.75, 3.05) is 5.32 Å². The molecule has 1 N–H and O–H groups in total. The van der Waals surface area contributed by atoms with Gasteiger partial charge in [-0.05, 0) is 24.3 Å². The van der Waals surface area contributed by atoms with Crippen LogP contribution in [0.2, 0.25) is 0 Å². The molecule has 0 saturated heterocycles. The van der Waals surface area contributed by atoms with Gasteiger partial charge in [0.25, 0.3) is 5.91 Å². The van der Waals surface area contributed by atoms with Crippen LogP contribution in [0.3, 0.4) is 0 Å². The molecule has 0 atom stereocenters. The third-order valence-corrected chi connectivity index (χ3v) is 3.82. The van der Waals surface area contributed by atoms with Crippen molar-refractivity contribution in [2.24, 2.45) is 0 Å². The van der Waals surface area contributed by atoms with Gasteiger partial charge < -0.3 is 5.32 Å². The molecule has 0 bridgehead atoms. The van der Waals surface area contributed by atoms with Crippen molar-refractivity contribution in [3.05, 3.63) is 84.7 Å². The lowest BCUT2D eigenvalue weighted by Crippen LogP contribution is -2.13. The Morgan fingerprint density at radius 1 is 0.800 bits per heavy atom. The summed E-state index contributed by atoms with van der Waals surface area (Å²) >= 11 is 0. The van der Waals surface area contributed by atoms with Crippen LogP contribution in [-0.2, 0) is 0 Å². The number of hydrogen-bond acceptors (Lipinski definition) is 4. The number of benzene rings is 2. The highest BCUT2D eigenvalue weighted by Gasteiger charge is 2.12. The van der Waals surface area contributed by atoms with Crippen LogP contribution in [-0.4, -0.2) is 20.9 Å². The molecule has 0 radical (unpaired) electrons. The molecule has 120 valence electrons. The van der Waals surface area contributed by atoms with Crippen molar-refractivity contribution in [2.45, 2.75) is 0 Å². The molecule has 0 spiro atoms. The zero-order valence-corrected chi connectivity index (χ0v) is 13.3. The summed E-state index contributed by atoms with van der Waals surface area (Å²) in [5.74, 6) is 0.171. The minimum absolute atomic E-state index is 0.229. The molecule has 5 nitrogen and oxygen atoms in total. The number of nitrogens with one attached hydrogen (secondary N) is 1. The SMILES string of the molecule is O=C(Nc1ncnc2ccc(-c3ccccc3)nc12)c1ccccc1. The van der Waals surface area contributed by atoms with E-state index in [0.717, 1.165) is 11.3 Å². The summed E-state index contributed by atoms with van der Waals surface area (Å²) in [6.45, 7) is 0. The van der Waals surface area contributed by atoms with Gasteiger partial charge in [-0.1, -0.05) is 48.5 Å². The van der Waals surface area contributed by atoms with Crippen LogP contribution in [0.15, 0.2) is 79.1 Å². The zero-order chi connectivity index (χ0) is 17.1. The normalized spacial score (nSPS) is 10.6. The maximum Gasteiger partial charge on any atom is 0.256 e. The van der Waals surface area contributed by atoms with Crippen molar-refractivity contribution in [1.29, 1.82) is 0 Å². The van der Waals surface area contributed by atoms with Gasteiger partial charge >= 0.3 is 0 Å². The predicted molar refractivity (Wildman–Crippen MR) is 97.2 cm³/mol. The maximum absolute atomic E-state index is 12.4. The van der Waals surface area contributed by atoms with E-state index in [0.29, 0.717) is 22.4 Å². The van der Waals surface area contributed by atoms with Gasteiger partial charge in [0.15, 0.2) is 5.82 Å². The molecule has 0 saturated carbocycles. The molecule has 2 heterocycles. The highest BCUT2D eigenvalue weighted by atomic mass is 16.1. The maximum atomic E-state index is 12.4. The average molecular weight is 326 g/mol. The average Bonchev–Trinajstić information content (AvgIpc) is 2.69. The van der Waals surface area contributed by atoms with Gasteiger partial charge in [-0.25, -0.2) is 15.0 Å². The van der Waals surface area contributed by atoms with Crippen LogP contribution in [0.5, 0.6) is 0 Å². The molecule has 4 aromatic rings. The predicted octanol–water partition coefficient (Wildman–Crippen LogP) is 3.94. The van der Waals surface area contributed by atoms with Crippen LogP contribution in [0.25, 0.3) is 22.3 Å². The summed E-state index contributed by atoms with van der Waals surface area (Å²) in [5.41, 5.74) is 3.60. The lowest BCUT2D eigenvalue weighted by molar-refractivity contribution is 0.102. The number of hydrogen-bond donors (Lipinski definition) is 1. The van der Waals surface area contributed by atoms with Crippen LogP contribution >= 0.6 is 0 Å². The number of carbonyl (C=O) groups excluding carboxylic acids is 1. The van der Waals surface area contributed by atoms with Gasteiger partial charge in [-0.2, -0.15) is 0 Å². The Bertz CT molecular complexity index is 1030. The zero-order valence-electron chi connectivity index (χ0n) is 13.3. The Labute approximate surface area is 144 Å². The van der Waals surface area contributed by atoms with Crippen LogP contribution < -0.4 is 5.32 Å². The molecule has 1 amide bonds. The van der Waals surface area contributed by atoms with Gasteiger partial charge in [0, 0.05) is 11.1 Å². The third-order valence-electron chi connectivity index (χ3n) is 3.82. The van der Waals surface area contributed by atoms with Crippen molar-refractivity contribution in [1.82, 2.24) is 15.0 Å². The highest BCUT2D eigenvalue weighted by Crippen LogP contribution is 2.23. The Morgan fingerprint density at radius 2 is 1.52 bits per heavy atom. The number of aromatic nitrogens is 3. The standard InChI is InChI=1S/C20H14N4O/c25-20(15-9-5-2-6-10-15)24-19-18-17(21-13-22-19)12-11-16(23-18)14-7-3-1-4-8-14/h1-13H,(H,21,22,24,25). The van der Waals surface area contributed by atoms with E-state index in [4.69, 9.17) is 0 Å². The Kier molecular flexibility index (Phi) is 3.88. The molecule has 0 unspecified atom stereocenters. The fraction of sp³-hybridized carbons (Fsp3) is 0. The van der Waals surface area contributed by atoms with Gasteiger partial charge in [0.1, 0.15) is 11.8 Å². The summed E-state index contributed by atoms with van der Waals surface area (Å²) in [4.78, 5) is 25.5. The van der Waals surface area contributed by atoms with E-state index in [9.17, 15) is 4.79 Å². The number of nitrogens with zero attached hydrogens (tertiary/aromatic N) is 3. The van der Waals surface area contributed by atoms with Crippen molar-refractivity contribution in [3.8, 4) is 11.3 Å². The summed E-state index contributed by atoms with van der Waals surface area (Å²) < 4.78 is 0. The topological polar surface area (TPSA) is 67.8 Å². The molecule has 0 aliphatic heterocycles. The van der Waals surface area contributed by atoms with E-state index in [1.165, 1.54) is 6.33 Å². The number of anilines is 1. The van der Waals surface area contributed by atoms with E-state index in [-0.39, 0.29) is 5.91 Å². The number of pyridine rings is 1.